The van der Waals surface area contributed by atoms with Gasteiger partial charge in [-0.1, -0.05) is 71.1 Å². The van der Waals surface area contributed by atoms with E-state index in [1.165, 1.54) is 70.6 Å². The van der Waals surface area contributed by atoms with E-state index in [1.54, 1.807) is 21.3 Å². The van der Waals surface area contributed by atoms with Crippen LogP contribution in [-0.2, 0) is 13.3 Å². The lowest BCUT2D eigenvalue weighted by molar-refractivity contribution is 0.123. The first-order chi connectivity index (χ1) is 12.2. The summed E-state index contributed by atoms with van der Waals surface area (Å²) in [7, 11) is 2.59. The molecular weight excluding hydrogens is 330 g/mol. The topological polar surface area (TPSA) is 40.0 Å². The Labute approximate surface area is 158 Å². The average Bonchev–Trinajstić information content (AvgIpc) is 2.65. The molecule has 0 aromatic heterocycles. The molecule has 0 N–H and O–H groups in total. The van der Waals surface area contributed by atoms with Crippen LogP contribution in [0.2, 0.25) is 6.04 Å². The van der Waals surface area contributed by atoms with E-state index in [-0.39, 0.29) is 0 Å². The van der Waals surface area contributed by atoms with Crippen LogP contribution in [0.1, 0.15) is 90.4 Å². The third kappa shape index (κ3) is 14.6. The van der Waals surface area contributed by atoms with Gasteiger partial charge in [0.1, 0.15) is 0 Å². The number of unbranched alkanes of at least 4 members (excludes halogenated alkanes) is 11. The fourth-order valence-corrected chi connectivity index (χ4v) is 4.73. The third-order valence-electron chi connectivity index (χ3n) is 4.77. The molecule has 0 radical (unpaired) electrons. The van der Waals surface area contributed by atoms with Crippen molar-refractivity contribution in [1.29, 1.82) is 0 Å². The van der Waals surface area contributed by atoms with E-state index in [0.29, 0.717) is 0 Å². The molecule has 150 valence electrons. The van der Waals surface area contributed by atoms with Crippen molar-refractivity contribution < 1.29 is 13.3 Å². The quantitative estimate of drug-likeness (QED) is 0.158. The molecular formula is C20H43NO3Si. The van der Waals surface area contributed by atoms with Gasteiger partial charge in [0.15, 0.2) is 0 Å². The Morgan fingerprint density at radius 3 is 1.64 bits per heavy atom. The summed E-state index contributed by atoms with van der Waals surface area (Å²) in [4.78, 5) is 4.49. The van der Waals surface area contributed by atoms with Crippen molar-refractivity contribution in [2.24, 2.45) is 4.99 Å². The summed E-state index contributed by atoms with van der Waals surface area (Å²) >= 11 is 0. The maximum absolute atomic E-state index is 5.40. The van der Waals surface area contributed by atoms with Crippen LogP contribution in [0.15, 0.2) is 4.99 Å². The van der Waals surface area contributed by atoms with Crippen molar-refractivity contribution >= 4 is 15.0 Å². The van der Waals surface area contributed by atoms with Gasteiger partial charge in [-0.05, 0) is 25.5 Å². The number of rotatable bonds is 19. The number of nitrogens with zero attached hydrogens (tertiary/aromatic N) is 1. The highest BCUT2D eigenvalue weighted by atomic mass is 28.4. The zero-order valence-corrected chi connectivity index (χ0v) is 18.4. The molecule has 0 aliphatic carbocycles. The van der Waals surface area contributed by atoms with Crippen LogP contribution in [0.5, 0.6) is 0 Å². The second-order valence-corrected chi connectivity index (χ2v) is 9.90. The molecule has 0 aromatic carbocycles. The lowest BCUT2D eigenvalue weighted by atomic mass is 10.1. The van der Waals surface area contributed by atoms with Gasteiger partial charge in [-0.3, -0.25) is 4.99 Å². The van der Waals surface area contributed by atoms with E-state index < -0.39 is 8.80 Å². The van der Waals surface area contributed by atoms with Crippen molar-refractivity contribution in [1.82, 2.24) is 0 Å². The Morgan fingerprint density at radius 1 is 0.680 bits per heavy atom. The molecule has 0 aromatic rings. The molecule has 0 heterocycles. The molecule has 0 saturated heterocycles. The third-order valence-corrected chi connectivity index (χ3v) is 7.60. The zero-order valence-electron chi connectivity index (χ0n) is 17.4. The van der Waals surface area contributed by atoms with Crippen LogP contribution in [0, 0.1) is 0 Å². The van der Waals surface area contributed by atoms with Crippen molar-refractivity contribution in [3.05, 3.63) is 0 Å². The van der Waals surface area contributed by atoms with Crippen LogP contribution in [0.3, 0.4) is 0 Å². The molecule has 0 fully saturated rings. The molecule has 5 heteroatoms. The Hall–Kier alpha value is -0.233. The Balaban J connectivity index is 3.33. The van der Waals surface area contributed by atoms with Crippen LogP contribution < -0.4 is 0 Å². The van der Waals surface area contributed by atoms with Gasteiger partial charge in [0.25, 0.3) is 0 Å². The maximum atomic E-state index is 5.40. The van der Waals surface area contributed by atoms with Gasteiger partial charge in [0.05, 0.1) is 0 Å². The fourth-order valence-electron chi connectivity index (χ4n) is 3.03. The monoisotopic (exact) mass is 373 g/mol. The minimum Gasteiger partial charge on any atom is -0.377 e. The second-order valence-electron chi connectivity index (χ2n) is 6.81. The lowest BCUT2D eigenvalue weighted by Crippen LogP contribution is -2.42. The molecule has 0 aliphatic rings. The molecule has 4 nitrogen and oxygen atoms in total. The molecule has 25 heavy (non-hydrogen) atoms. The van der Waals surface area contributed by atoms with Gasteiger partial charge >= 0.3 is 8.80 Å². The van der Waals surface area contributed by atoms with Gasteiger partial charge in [-0.2, -0.15) is 0 Å². The first-order valence-corrected chi connectivity index (χ1v) is 12.3. The summed E-state index contributed by atoms with van der Waals surface area (Å²) < 4.78 is 16.2. The van der Waals surface area contributed by atoms with E-state index in [2.05, 4.69) is 18.1 Å². The smallest absolute Gasteiger partial charge is 0.377 e. The van der Waals surface area contributed by atoms with Crippen molar-refractivity contribution in [2.45, 2.75) is 96.4 Å². The number of hydrogen-bond acceptors (Lipinski definition) is 4. The van der Waals surface area contributed by atoms with E-state index in [0.717, 1.165) is 25.4 Å². The van der Waals surface area contributed by atoms with Gasteiger partial charge in [-0.15, -0.1) is 0 Å². The van der Waals surface area contributed by atoms with E-state index in [9.17, 15) is 0 Å². The summed E-state index contributed by atoms with van der Waals surface area (Å²) in [5, 5.41) is 0. The van der Waals surface area contributed by atoms with Gasteiger partial charge < -0.3 is 13.3 Å². The predicted molar refractivity (Wildman–Crippen MR) is 111 cm³/mol. The standard InChI is InChI=1S/C20H43NO3Si/c1-5-6-7-8-9-10-11-12-13-14-15-16-18-21-19-17-20-25(22-2,23-3)24-4/h18H,5-17,19-20H2,1-4H3. The highest BCUT2D eigenvalue weighted by Gasteiger charge is 2.36. The number of hydrogen-bond donors (Lipinski definition) is 0. The Bertz CT molecular complexity index is 288. The van der Waals surface area contributed by atoms with Crippen molar-refractivity contribution in [3.8, 4) is 0 Å². The molecule has 0 aliphatic heterocycles. The highest BCUT2D eigenvalue weighted by Crippen LogP contribution is 2.15. The van der Waals surface area contributed by atoms with Gasteiger partial charge in [0.2, 0.25) is 0 Å². The van der Waals surface area contributed by atoms with E-state index >= 15 is 0 Å². The summed E-state index contributed by atoms with van der Waals surface area (Å²) in [5.74, 6) is 0. The van der Waals surface area contributed by atoms with Crippen LogP contribution in [0.4, 0.5) is 0 Å². The predicted octanol–water partition coefficient (Wildman–Crippen LogP) is 6.03. The van der Waals surface area contributed by atoms with Gasteiger partial charge in [-0.25, -0.2) is 0 Å². The first kappa shape index (κ1) is 24.8. The van der Waals surface area contributed by atoms with E-state index in [4.69, 9.17) is 13.3 Å². The second kappa shape index (κ2) is 18.6. The summed E-state index contributed by atoms with van der Waals surface area (Å²) in [6, 6.07) is 0.826. The van der Waals surface area contributed by atoms with Crippen molar-refractivity contribution in [2.75, 3.05) is 27.9 Å². The first-order valence-electron chi connectivity index (χ1n) is 10.4. The maximum Gasteiger partial charge on any atom is 0.500 e. The Kier molecular flexibility index (Phi) is 18.4. The SMILES string of the molecule is CCCCCCCCCCCCCC=NCCC[Si](OC)(OC)OC. The molecule has 0 atom stereocenters. The van der Waals surface area contributed by atoms with E-state index in [1.807, 2.05) is 0 Å². The summed E-state index contributed by atoms with van der Waals surface area (Å²) in [5.41, 5.74) is 0. The normalized spacial score (nSPS) is 12.3. The molecule has 0 unspecified atom stereocenters. The molecule has 0 spiro atoms. The molecule has 0 saturated carbocycles. The highest BCUT2D eigenvalue weighted by molar-refractivity contribution is 6.60. The number of aliphatic imine (C=N–C) groups is 1. The average molecular weight is 374 g/mol. The van der Waals surface area contributed by atoms with Crippen LogP contribution in [-0.4, -0.2) is 42.9 Å². The molecule has 0 rings (SSSR count). The largest absolute Gasteiger partial charge is 0.500 e. The summed E-state index contributed by atoms with van der Waals surface area (Å²) in [6.07, 6.45) is 19.5. The summed E-state index contributed by atoms with van der Waals surface area (Å²) in [6.45, 7) is 3.11. The fraction of sp³-hybridized carbons (Fsp3) is 0.950. The molecule has 0 amide bonds. The minimum atomic E-state index is -2.40. The zero-order chi connectivity index (χ0) is 18.6. The van der Waals surface area contributed by atoms with Gasteiger partial charge in [0, 0.05) is 33.9 Å². The molecule has 0 bridgehead atoms. The van der Waals surface area contributed by atoms with Crippen LogP contribution in [0.25, 0.3) is 0 Å². The van der Waals surface area contributed by atoms with Crippen molar-refractivity contribution in [3.63, 3.8) is 0 Å². The Morgan fingerprint density at radius 2 is 1.16 bits per heavy atom. The van der Waals surface area contributed by atoms with Crippen LogP contribution >= 0.6 is 0 Å². The lowest BCUT2D eigenvalue weighted by Gasteiger charge is -2.23. The minimum absolute atomic E-state index is 0.826.